The molecule has 1 N–H and O–H groups in total. The number of nitrogens with zero attached hydrogens (tertiary/aromatic N) is 3. The van der Waals surface area contributed by atoms with Crippen LogP contribution in [-0.2, 0) is 6.42 Å². The molecule has 4 aromatic rings. The zero-order valence-corrected chi connectivity index (χ0v) is 19.7. The number of carbonyl (C=O) groups excluding carboxylic acids is 1. The van der Waals surface area contributed by atoms with E-state index < -0.39 is 11.9 Å². The predicted octanol–water partition coefficient (Wildman–Crippen LogP) is 6.45. The molecule has 1 atom stereocenters. The monoisotopic (exact) mass is 468 g/mol. The summed E-state index contributed by atoms with van der Waals surface area (Å²) >= 11 is 0. The summed E-state index contributed by atoms with van der Waals surface area (Å²) in [5.74, 6) is 0.324. The molecule has 3 aromatic carbocycles. The Bertz CT molecular complexity index is 1420. The first-order valence-electron chi connectivity index (χ1n) is 11.5. The first kappa shape index (κ1) is 22.5. The third-order valence-electron chi connectivity index (χ3n) is 6.21. The molecule has 1 unspecified atom stereocenters. The van der Waals surface area contributed by atoms with Gasteiger partial charge in [0.15, 0.2) is 0 Å². The fourth-order valence-electron chi connectivity index (χ4n) is 4.38. The van der Waals surface area contributed by atoms with Crippen molar-refractivity contribution < 1.29 is 13.7 Å². The summed E-state index contributed by atoms with van der Waals surface area (Å²) in [6, 6.07) is 21.0. The van der Waals surface area contributed by atoms with Crippen molar-refractivity contribution in [3.8, 4) is 11.4 Å². The fraction of sp³-hybridized carbons (Fsp3) is 0.179. The Balaban J connectivity index is 1.65. The van der Waals surface area contributed by atoms with Gasteiger partial charge in [0.1, 0.15) is 5.82 Å². The first-order valence-corrected chi connectivity index (χ1v) is 11.5. The van der Waals surface area contributed by atoms with Gasteiger partial charge in [0.05, 0.1) is 17.3 Å². The van der Waals surface area contributed by atoms with Gasteiger partial charge in [-0.2, -0.15) is 4.98 Å². The van der Waals surface area contributed by atoms with Crippen molar-refractivity contribution in [1.82, 2.24) is 15.5 Å². The van der Waals surface area contributed by atoms with E-state index in [-0.39, 0.29) is 6.03 Å². The van der Waals surface area contributed by atoms with Gasteiger partial charge < -0.3 is 9.84 Å². The van der Waals surface area contributed by atoms with Crippen LogP contribution in [0, 0.1) is 12.7 Å². The number of urea groups is 1. The lowest BCUT2D eigenvalue weighted by Gasteiger charge is -2.35. The van der Waals surface area contributed by atoms with Crippen molar-refractivity contribution in [2.24, 2.45) is 0 Å². The summed E-state index contributed by atoms with van der Waals surface area (Å²) in [7, 11) is 0. The van der Waals surface area contributed by atoms with Crippen LogP contribution in [0.5, 0.6) is 0 Å². The van der Waals surface area contributed by atoms with Crippen LogP contribution in [0.25, 0.3) is 17.0 Å². The van der Waals surface area contributed by atoms with Gasteiger partial charge in [0.2, 0.25) is 5.82 Å². The minimum Gasteiger partial charge on any atom is -0.334 e. The van der Waals surface area contributed by atoms with Crippen LogP contribution in [0.1, 0.15) is 42.5 Å². The van der Waals surface area contributed by atoms with Crippen LogP contribution in [0.4, 0.5) is 14.9 Å². The molecule has 5 rings (SSSR count). The largest absolute Gasteiger partial charge is 0.334 e. The van der Waals surface area contributed by atoms with Gasteiger partial charge >= 0.3 is 6.03 Å². The molecule has 0 aliphatic carbocycles. The first-order chi connectivity index (χ1) is 16.9. The molecule has 1 aliphatic rings. The van der Waals surface area contributed by atoms with E-state index in [4.69, 9.17) is 4.52 Å². The molecule has 176 valence electrons. The van der Waals surface area contributed by atoms with Crippen molar-refractivity contribution in [3.05, 3.63) is 107 Å². The smallest absolute Gasteiger partial charge is 0.327 e. The number of aryl methyl sites for hydroxylation is 2. The molecule has 0 radical (unpaired) electrons. The number of hydrogen-bond donors (Lipinski definition) is 1. The lowest BCUT2D eigenvalue weighted by atomic mass is 9.93. The molecule has 2 amide bonds. The molecule has 0 bridgehead atoms. The van der Waals surface area contributed by atoms with Crippen LogP contribution in [0.2, 0.25) is 0 Å². The molecule has 0 saturated carbocycles. The standard InChI is InChI=1S/C28H25FN4O2/c1-4-19-11-13-20(14-12-19)25-24(27-31-26(32-35-27)21-8-5-7-17(2)15-21)18(3)33(28(34)30-25)23-10-6-9-22(29)16-23/h5-16,25H,4H2,1-3H3,(H,30,34). The van der Waals surface area contributed by atoms with Crippen molar-refractivity contribution in [2.45, 2.75) is 33.2 Å². The molecule has 1 aromatic heterocycles. The van der Waals surface area contributed by atoms with E-state index in [2.05, 4.69) is 22.4 Å². The number of amides is 2. The highest BCUT2D eigenvalue weighted by molar-refractivity contribution is 6.01. The Morgan fingerprint density at radius 2 is 1.80 bits per heavy atom. The van der Waals surface area contributed by atoms with Crippen LogP contribution in [0.3, 0.4) is 0 Å². The van der Waals surface area contributed by atoms with Crippen molar-refractivity contribution in [1.29, 1.82) is 0 Å². The van der Waals surface area contributed by atoms with Gasteiger partial charge in [0.25, 0.3) is 5.89 Å². The number of carbonyl (C=O) groups is 1. The number of benzene rings is 3. The predicted molar refractivity (Wildman–Crippen MR) is 133 cm³/mol. The molecule has 35 heavy (non-hydrogen) atoms. The number of allylic oxidation sites excluding steroid dienone is 1. The topological polar surface area (TPSA) is 71.3 Å². The summed E-state index contributed by atoms with van der Waals surface area (Å²) < 4.78 is 19.8. The Morgan fingerprint density at radius 1 is 1.03 bits per heavy atom. The summed E-state index contributed by atoms with van der Waals surface area (Å²) in [5.41, 5.74) is 5.66. The average Bonchev–Trinajstić information content (AvgIpc) is 3.34. The molecule has 0 spiro atoms. The van der Waals surface area contributed by atoms with Gasteiger partial charge in [-0.15, -0.1) is 0 Å². The second-order valence-electron chi connectivity index (χ2n) is 8.58. The van der Waals surface area contributed by atoms with E-state index in [0.717, 1.165) is 23.1 Å². The molecule has 0 saturated heterocycles. The van der Waals surface area contributed by atoms with Crippen LogP contribution in [0.15, 0.2) is 83.0 Å². The summed E-state index contributed by atoms with van der Waals surface area (Å²) in [5, 5.41) is 7.27. The van der Waals surface area contributed by atoms with E-state index in [0.29, 0.717) is 28.7 Å². The van der Waals surface area contributed by atoms with Crippen molar-refractivity contribution >= 4 is 17.3 Å². The molecule has 1 aliphatic heterocycles. The van der Waals surface area contributed by atoms with E-state index >= 15 is 0 Å². The van der Waals surface area contributed by atoms with E-state index in [9.17, 15) is 9.18 Å². The zero-order chi connectivity index (χ0) is 24.5. The van der Waals surface area contributed by atoms with Gasteiger partial charge in [-0.05, 0) is 55.7 Å². The fourth-order valence-corrected chi connectivity index (χ4v) is 4.38. The molecule has 7 heteroatoms. The Hall–Kier alpha value is -4.26. The number of hydrogen-bond acceptors (Lipinski definition) is 4. The summed E-state index contributed by atoms with van der Waals surface area (Å²) in [4.78, 5) is 19.4. The maximum absolute atomic E-state index is 14.0. The second kappa shape index (κ2) is 9.18. The number of rotatable bonds is 5. The van der Waals surface area contributed by atoms with Crippen LogP contribution >= 0.6 is 0 Å². The highest BCUT2D eigenvalue weighted by Gasteiger charge is 2.36. The molecular weight excluding hydrogens is 443 g/mol. The summed E-state index contributed by atoms with van der Waals surface area (Å²) in [6.45, 7) is 5.90. The maximum atomic E-state index is 14.0. The van der Waals surface area contributed by atoms with Gasteiger partial charge in [-0.3, -0.25) is 4.90 Å². The highest BCUT2D eigenvalue weighted by atomic mass is 19.1. The Labute approximate surface area is 203 Å². The van der Waals surface area contributed by atoms with Gasteiger partial charge in [-0.25, -0.2) is 9.18 Å². The Morgan fingerprint density at radius 3 is 2.51 bits per heavy atom. The molecule has 2 heterocycles. The lowest BCUT2D eigenvalue weighted by Crippen LogP contribution is -2.46. The molecular formula is C28H25FN4O2. The van der Waals surface area contributed by atoms with Crippen LogP contribution < -0.4 is 10.2 Å². The minimum atomic E-state index is -0.510. The SMILES string of the molecule is CCc1ccc(C2NC(=O)N(c3cccc(F)c3)C(C)=C2c2nc(-c3cccc(C)c3)no2)cc1. The molecule has 0 fully saturated rings. The summed E-state index contributed by atoms with van der Waals surface area (Å²) in [6.07, 6.45) is 0.913. The average molecular weight is 469 g/mol. The normalized spacial score (nSPS) is 15.9. The zero-order valence-electron chi connectivity index (χ0n) is 19.7. The Kier molecular flexibility index (Phi) is 5.91. The van der Waals surface area contributed by atoms with E-state index in [1.54, 1.807) is 12.1 Å². The number of halogens is 1. The number of anilines is 1. The number of nitrogens with one attached hydrogen (secondary N) is 1. The number of aromatic nitrogens is 2. The van der Waals surface area contributed by atoms with Crippen molar-refractivity contribution in [2.75, 3.05) is 4.90 Å². The second-order valence-corrected chi connectivity index (χ2v) is 8.58. The van der Waals surface area contributed by atoms with Crippen LogP contribution in [-0.4, -0.2) is 16.2 Å². The quantitative estimate of drug-likeness (QED) is 0.365. The molecule has 6 nitrogen and oxygen atoms in total. The van der Waals surface area contributed by atoms with E-state index in [1.165, 1.54) is 22.6 Å². The minimum absolute atomic E-state index is 0.296. The van der Waals surface area contributed by atoms with E-state index in [1.807, 2.05) is 62.4 Å². The highest BCUT2D eigenvalue weighted by Crippen LogP contribution is 2.39. The maximum Gasteiger partial charge on any atom is 0.327 e. The lowest BCUT2D eigenvalue weighted by molar-refractivity contribution is 0.244. The van der Waals surface area contributed by atoms with Gasteiger partial charge in [-0.1, -0.05) is 66.2 Å². The third-order valence-corrected chi connectivity index (χ3v) is 6.21. The van der Waals surface area contributed by atoms with Crippen molar-refractivity contribution in [3.63, 3.8) is 0 Å². The van der Waals surface area contributed by atoms with Gasteiger partial charge in [0, 0.05) is 11.3 Å². The third kappa shape index (κ3) is 4.33.